The van der Waals surface area contributed by atoms with Crippen LogP contribution in [0, 0.1) is 0 Å². The topological polar surface area (TPSA) is 71.1 Å². The van der Waals surface area contributed by atoms with Crippen LogP contribution in [0.25, 0.3) is 0 Å². The Labute approximate surface area is 102 Å². The van der Waals surface area contributed by atoms with Crippen LogP contribution < -0.4 is 0 Å². The molecule has 0 aromatic carbocycles. The maximum absolute atomic E-state index is 12.1. The fourth-order valence-corrected chi connectivity index (χ4v) is 4.95. The van der Waals surface area contributed by atoms with Gasteiger partial charge in [0.25, 0.3) is 0 Å². The second-order valence-corrected chi connectivity index (χ2v) is 8.38. The predicted molar refractivity (Wildman–Crippen MR) is 66.5 cm³/mol. The molecule has 0 amide bonds. The van der Waals surface area contributed by atoms with Gasteiger partial charge in [-0.1, -0.05) is 5.57 Å². The lowest BCUT2D eigenvalue weighted by Crippen LogP contribution is -2.03. The van der Waals surface area contributed by atoms with E-state index in [1.54, 1.807) is 0 Å². The van der Waals surface area contributed by atoms with Crippen molar-refractivity contribution in [3.8, 4) is 0 Å². The van der Waals surface area contributed by atoms with Crippen LogP contribution in [-0.2, 0) is 27.2 Å². The molecule has 17 heavy (non-hydrogen) atoms. The molecule has 0 radical (unpaired) electrons. The Morgan fingerprint density at radius 3 is 1.88 bits per heavy atom. The highest BCUT2D eigenvalue weighted by Gasteiger charge is 2.36. The molecule has 0 aliphatic heterocycles. The molecule has 0 spiro atoms. The highest BCUT2D eigenvalue weighted by molar-refractivity contribution is 7.71. The summed E-state index contributed by atoms with van der Waals surface area (Å²) in [4.78, 5) is 0. The van der Waals surface area contributed by atoms with E-state index in [1.165, 1.54) is 21.3 Å². The zero-order chi connectivity index (χ0) is 13.5. The smallest absolute Gasteiger partial charge is 0.311 e. The van der Waals surface area contributed by atoms with Gasteiger partial charge in [0.05, 0.1) is 6.61 Å². The second kappa shape index (κ2) is 7.47. The summed E-state index contributed by atoms with van der Waals surface area (Å²) in [6.45, 7) is 5.71. The van der Waals surface area contributed by atoms with Gasteiger partial charge in [-0.25, -0.2) is 0 Å². The average Bonchev–Trinajstić information content (AvgIpc) is 2.28. The third kappa shape index (κ3) is 6.51. The van der Waals surface area contributed by atoms with E-state index in [-0.39, 0.29) is 6.61 Å². The molecular formula is C9H20O6P2. The molecule has 0 saturated heterocycles. The van der Waals surface area contributed by atoms with E-state index >= 15 is 0 Å². The third-order valence-corrected chi connectivity index (χ3v) is 7.01. The first-order valence-corrected chi connectivity index (χ1v) is 8.40. The van der Waals surface area contributed by atoms with E-state index < -0.39 is 21.1 Å². The zero-order valence-corrected chi connectivity index (χ0v) is 12.5. The quantitative estimate of drug-likeness (QED) is 0.478. The number of rotatable bonds is 9. The molecule has 0 aliphatic rings. The van der Waals surface area contributed by atoms with Crippen LogP contribution in [0.3, 0.4) is 0 Å². The maximum Gasteiger partial charge on any atom is 0.342 e. The highest BCUT2D eigenvalue weighted by Crippen LogP contribution is 2.62. The number of hydrogen-bond donors (Lipinski definition) is 0. The van der Waals surface area contributed by atoms with Crippen LogP contribution in [0.4, 0.5) is 0 Å². The Bertz CT molecular complexity index is 332. The lowest BCUT2D eigenvalue weighted by Gasteiger charge is -2.20. The minimum atomic E-state index is -3.47. The van der Waals surface area contributed by atoms with E-state index in [9.17, 15) is 9.13 Å². The highest BCUT2D eigenvalue weighted by atomic mass is 31.2. The third-order valence-electron chi connectivity index (χ3n) is 2.00. The van der Waals surface area contributed by atoms with Crippen molar-refractivity contribution in [2.75, 3.05) is 33.8 Å². The molecule has 1 atom stereocenters. The summed E-state index contributed by atoms with van der Waals surface area (Å²) in [5.41, 5.74) is 0.898. The predicted octanol–water partition coefficient (Wildman–Crippen LogP) is 3.25. The van der Waals surface area contributed by atoms with E-state index in [2.05, 4.69) is 6.58 Å². The first-order valence-electron chi connectivity index (χ1n) is 4.95. The molecule has 0 aromatic rings. The molecule has 1 unspecified atom stereocenters. The lowest BCUT2D eigenvalue weighted by atomic mass is 10.3. The monoisotopic (exact) mass is 286 g/mol. The standard InChI is InChI=1S/C9H20O6P2/c1-9(2)6-7-15-17(11,14-5)8-16(10,12-3)13-4/h1,6-8H2,2-5H3. The van der Waals surface area contributed by atoms with Gasteiger partial charge in [0.15, 0.2) is 5.90 Å². The molecule has 102 valence electrons. The van der Waals surface area contributed by atoms with Crippen molar-refractivity contribution in [1.82, 2.24) is 0 Å². The van der Waals surface area contributed by atoms with E-state index in [0.717, 1.165) is 5.57 Å². The van der Waals surface area contributed by atoms with E-state index in [1.807, 2.05) is 6.92 Å². The van der Waals surface area contributed by atoms with Crippen LogP contribution in [-0.4, -0.2) is 33.8 Å². The Kier molecular flexibility index (Phi) is 7.49. The molecule has 0 heterocycles. The summed E-state index contributed by atoms with van der Waals surface area (Å²) in [6.07, 6.45) is 0.553. The van der Waals surface area contributed by atoms with Crippen LogP contribution in [0.2, 0.25) is 0 Å². The van der Waals surface area contributed by atoms with Crippen LogP contribution in [0.5, 0.6) is 0 Å². The van der Waals surface area contributed by atoms with Crippen molar-refractivity contribution in [1.29, 1.82) is 0 Å². The first-order chi connectivity index (χ1) is 7.81. The van der Waals surface area contributed by atoms with Crippen molar-refractivity contribution in [2.45, 2.75) is 13.3 Å². The van der Waals surface area contributed by atoms with Gasteiger partial charge in [0.1, 0.15) is 0 Å². The Morgan fingerprint density at radius 2 is 1.53 bits per heavy atom. The largest absolute Gasteiger partial charge is 0.342 e. The first kappa shape index (κ1) is 17.0. The summed E-state index contributed by atoms with van der Waals surface area (Å²) < 4.78 is 43.2. The van der Waals surface area contributed by atoms with E-state index in [4.69, 9.17) is 18.1 Å². The average molecular weight is 286 g/mol. The minimum Gasteiger partial charge on any atom is -0.311 e. The molecule has 0 aliphatic carbocycles. The maximum atomic E-state index is 12.1. The lowest BCUT2D eigenvalue weighted by molar-refractivity contribution is 0.232. The van der Waals surface area contributed by atoms with Gasteiger partial charge < -0.3 is 18.1 Å². The van der Waals surface area contributed by atoms with Gasteiger partial charge >= 0.3 is 15.2 Å². The molecule has 0 bridgehead atoms. The van der Waals surface area contributed by atoms with Gasteiger partial charge in [-0.15, -0.1) is 6.58 Å². The van der Waals surface area contributed by atoms with Crippen LogP contribution >= 0.6 is 15.2 Å². The SMILES string of the molecule is C=C(C)CCOP(=O)(CP(=O)(OC)OC)OC. The van der Waals surface area contributed by atoms with Gasteiger partial charge in [-0.3, -0.25) is 9.13 Å². The second-order valence-electron chi connectivity index (χ2n) is 3.45. The zero-order valence-electron chi connectivity index (χ0n) is 10.7. The minimum absolute atomic E-state index is 0.188. The van der Waals surface area contributed by atoms with Crippen LogP contribution in [0.1, 0.15) is 13.3 Å². The molecule has 0 fully saturated rings. The normalized spacial score (nSPS) is 15.5. The summed E-state index contributed by atoms with van der Waals surface area (Å²) >= 11 is 0. The Hall–Kier alpha value is 0.0400. The summed E-state index contributed by atoms with van der Waals surface area (Å²) in [5.74, 6) is -0.403. The van der Waals surface area contributed by atoms with Crippen molar-refractivity contribution in [3.63, 3.8) is 0 Å². The van der Waals surface area contributed by atoms with Crippen molar-refractivity contribution in [2.24, 2.45) is 0 Å². The van der Waals surface area contributed by atoms with Gasteiger partial charge in [0, 0.05) is 21.3 Å². The van der Waals surface area contributed by atoms with Crippen molar-refractivity contribution >= 4 is 15.2 Å². The van der Waals surface area contributed by atoms with Gasteiger partial charge in [-0.05, 0) is 13.3 Å². The molecule has 0 rings (SSSR count). The fraction of sp³-hybridized carbons (Fsp3) is 0.778. The van der Waals surface area contributed by atoms with Gasteiger partial charge in [-0.2, -0.15) is 0 Å². The van der Waals surface area contributed by atoms with Crippen molar-refractivity contribution < 1.29 is 27.2 Å². The molecular weight excluding hydrogens is 266 g/mol. The van der Waals surface area contributed by atoms with Gasteiger partial charge in [0.2, 0.25) is 0 Å². The molecule has 0 N–H and O–H groups in total. The Morgan fingerprint density at radius 1 is 1.06 bits per heavy atom. The molecule has 6 nitrogen and oxygen atoms in total. The molecule has 8 heteroatoms. The van der Waals surface area contributed by atoms with Crippen LogP contribution in [0.15, 0.2) is 12.2 Å². The Balaban J connectivity index is 4.52. The van der Waals surface area contributed by atoms with Crippen molar-refractivity contribution in [3.05, 3.63) is 12.2 Å². The molecule has 0 saturated carbocycles. The van der Waals surface area contributed by atoms with E-state index in [0.29, 0.717) is 6.42 Å². The molecule has 0 aromatic heterocycles. The summed E-state index contributed by atoms with van der Waals surface area (Å²) in [6, 6.07) is 0. The summed E-state index contributed by atoms with van der Waals surface area (Å²) in [5, 5.41) is 0. The number of hydrogen-bond acceptors (Lipinski definition) is 6. The fourth-order valence-electron chi connectivity index (χ4n) is 0.912. The summed E-state index contributed by atoms with van der Waals surface area (Å²) in [7, 11) is -3.21.